The van der Waals surface area contributed by atoms with Crippen LogP contribution in [0.25, 0.3) is 0 Å². The molecule has 2 rings (SSSR count). The van der Waals surface area contributed by atoms with Crippen molar-refractivity contribution in [3.63, 3.8) is 0 Å². The zero-order valence-electron chi connectivity index (χ0n) is 25.1. The molecule has 1 N–H and O–H groups in total. The van der Waals surface area contributed by atoms with Gasteiger partial charge in [-0.2, -0.15) is 0 Å². The summed E-state index contributed by atoms with van der Waals surface area (Å²) < 4.78 is 38.0. The summed E-state index contributed by atoms with van der Waals surface area (Å²) >= 11 is 0. The highest BCUT2D eigenvalue weighted by atomic mass is 16.7. The van der Waals surface area contributed by atoms with E-state index in [-0.39, 0.29) is 6.29 Å². The number of rotatable bonds is 13. The van der Waals surface area contributed by atoms with E-state index in [4.69, 9.17) is 33.2 Å². The maximum absolute atomic E-state index is 13.4. The molecule has 1 fully saturated rings. The van der Waals surface area contributed by atoms with Crippen LogP contribution >= 0.6 is 0 Å². The fraction of sp³-hybridized carbons (Fsp3) is 0.519. The van der Waals surface area contributed by atoms with Crippen LogP contribution in [-0.4, -0.2) is 96.9 Å². The number of non-ortho nitro benzene ring substituents is 1. The van der Waals surface area contributed by atoms with Crippen LogP contribution in [0, 0.1) is 10.1 Å². The molecule has 1 heterocycles. The summed E-state index contributed by atoms with van der Waals surface area (Å²) in [5.41, 5.74) is -0.892. The normalized spacial score (nSPS) is 22.0. The zero-order valence-corrected chi connectivity index (χ0v) is 25.1. The van der Waals surface area contributed by atoms with Crippen LogP contribution in [0.2, 0.25) is 0 Å². The molecule has 1 amide bonds. The van der Waals surface area contributed by atoms with E-state index < -0.39 is 107 Å². The number of nitro benzene ring substituents is 1. The minimum atomic E-state index is -2.66. The molecule has 0 radical (unpaired) electrons. The Balaban J connectivity index is 2.86. The lowest BCUT2D eigenvalue weighted by Gasteiger charge is -2.48. The number of nitrogens with zero attached hydrogens (tertiary/aromatic N) is 1. The maximum Gasteiger partial charge on any atom is 0.379 e. The first-order valence-corrected chi connectivity index (χ1v) is 13.1. The van der Waals surface area contributed by atoms with Crippen LogP contribution < -0.4 is 10.1 Å². The Hall–Kier alpha value is -5.13. The number of carbonyl (C=O) groups excluding carboxylic acids is 7. The molecule has 246 valence electrons. The van der Waals surface area contributed by atoms with E-state index in [2.05, 4.69) is 5.32 Å². The standard InChI is InChI=1S/C27H32N2O16/c1-13(31)28-23-21(41-15(3)33)10-27(26(36)39-6,44-20-8-7-19(29(37)38)9-18(20)11-30)45-25(23)24(43-17(5)35)22(42-16(4)34)12-40-14(2)32/h7-9,11,21-25H,10,12H2,1-6H3,(H,28,31). The van der Waals surface area contributed by atoms with Crippen molar-refractivity contribution in [3.8, 4) is 5.75 Å². The highest BCUT2D eigenvalue weighted by Crippen LogP contribution is 2.39. The van der Waals surface area contributed by atoms with Crippen molar-refractivity contribution >= 4 is 47.7 Å². The zero-order chi connectivity index (χ0) is 34.1. The smallest absolute Gasteiger partial charge is 0.379 e. The van der Waals surface area contributed by atoms with Crippen molar-refractivity contribution in [1.82, 2.24) is 5.32 Å². The lowest BCUT2D eigenvalue weighted by Crippen LogP contribution is -2.70. The second kappa shape index (κ2) is 15.6. The summed E-state index contributed by atoms with van der Waals surface area (Å²) in [6.45, 7) is 4.42. The van der Waals surface area contributed by atoms with Crippen molar-refractivity contribution < 1.29 is 71.6 Å². The molecule has 0 aliphatic carbocycles. The molecule has 6 atom stereocenters. The first-order valence-electron chi connectivity index (χ1n) is 13.1. The van der Waals surface area contributed by atoms with Gasteiger partial charge in [0.1, 0.15) is 24.6 Å². The van der Waals surface area contributed by atoms with Crippen LogP contribution in [-0.2, 0) is 57.2 Å². The number of nitro groups is 1. The van der Waals surface area contributed by atoms with Gasteiger partial charge < -0.3 is 38.5 Å². The van der Waals surface area contributed by atoms with E-state index in [1.54, 1.807) is 0 Å². The van der Waals surface area contributed by atoms with E-state index in [0.29, 0.717) is 0 Å². The molecular formula is C27H32N2O16. The van der Waals surface area contributed by atoms with Gasteiger partial charge >= 0.3 is 35.6 Å². The van der Waals surface area contributed by atoms with Crippen LogP contribution in [0.1, 0.15) is 51.4 Å². The number of aldehydes is 1. The monoisotopic (exact) mass is 640 g/mol. The summed E-state index contributed by atoms with van der Waals surface area (Å²) in [5.74, 6) is -8.70. The number of methoxy groups -OCH3 is 1. The van der Waals surface area contributed by atoms with Crippen LogP contribution in [0.4, 0.5) is 5.69 Å². The highest BCUT2D eigenvalue weighted by molar-refractivity contribution is 5.83. The molecule has 1 aliphatic rings. The van der Waals surface area contributed by atoms with Gasteiger partial charge in [-0.3, -0.25) is 38.9 Å². The Kier molecular flexibility index (Phi) is 12.5. The van der Waals surface area contributed by atoms with Gasteiger partial charge in [-0.1, -0.05) is 0 Å². The van der Waals surface area contributed by atoms with Crippen molar-refractivity contribution in [2.45, 2.75) is 77.3 Å². The number of esters is 5. The average molecular weight is 641 g/mol. The van der Waals surface area contributed by atoms with E-state index >= 15 is 0 Å². The van der Waals surface area contributed by atoms with Crippen molar-refractivity contribution in [3.05, 3.63) is 33.9 Å². The number of benzene rings is 1. The van der Waals surface area contributed by atoms with Gasteiger partial charge in [0.25, 0.3) is 5.69 Å². The van der Waals surface area contributed by atoms with Gasteiger partial charge in [-0.15, -0.1) is 0 Å². The van der Waals surface area contributed by atoms with Crippen LogP contribution in [0.3, 0.4) is 0 Å². The molecule has 0 aromatic heterocycles. The Morgan fingerprint density at radius 3 is 2.18 bits per heavy atom. The molecule has 1 aromatic carbocycles. The Bertz CT molecular complexity index is 1350. The number of hydrogen-bond acceptors (Lipinski definition) is 16. The largest absolute Gasteiger partial charge is 0.464 e. The SMILES string of the molecule is COC(=O)C1(Oc2ccc([N+](=O)[O-])cc2C=O)CC(OC(C)=O)C(NC(C)=O)C(C(OC(C)=O)C(COC(C)=O)OC(C)=O)O1. The van der Waals surface area contributed by atoms with Gasteiger partial charge in [0, 0.05) is 46.8 Å². The van der Waals surface area contributed by atoms with E-state index in [1.165, 1.54) is 0 Å². The predicted octanol–water partition coefficient (Wildman–Crippen LogP) is 0.307. The summed E-state index contributed by atoms with van der Waals surface area (Å²) in [4.78, 5) is 96.3. The number of amides is 1. The molecule has 18 heteroatoms. The maximum atomic E-state index is 13.4. The average Bonchev–Trinajstić information content (AvgIpc) is 2.94. The molecular weight excluding hydrogens is 608 g/mol. The number of hydrogen-bond donors (Lipinski definition) is 1. The fourth-order valence-corrected chi connectivity index (χ4v) is 4.52. The van der Waals surface area contributed by atoms with Crippen LogP contribution in [0.15, 0.2) is 18.2 Å². The van der Waals surface area contributed by atoms with Crippen molar-refractivity contribution in [2.75, 3.05) is 13.7 Å². The Labute approximate surface area is 255 Å². The highest BCUT2D eigenvalue weighted by Gasteiger charge is 2.60. The number of ether oxygens (including phenoxy) is 7. The topological polar surface area (TPSA) is 239 Å². The van der Waals surface area contributed by atoms with E-state index in [0.717, 1.165) is 59.9 Å². The van der Waals surface area contributed by atoms with Gasteiger partial charge in [-0.25, -0.2) is 4.79 Å². The predicted molar refractivity (Wildman–Crippen MR) is 144 cm³/mol. The third-order valence-corrected chi connectivity index (χ3v) is 6.10. The number of nitrogens with one attached hydrogen (secondary N) is 1. The molecule has 18 nitrogen and oxygen atoms in total. The van der Waals surface area contributed by atoms with E-state index in [9.17, 15) is 43.7 Å². The second-order valence-electron chi connectivity index (χ2n) is 9.63. The van der Waals surface area contributed by atoms with Crippen LogP contribution in [0.5, 0.6) is 5.75 Å². The number of carbonyl (C=O) groups is 7. The molecule has 1 aromatic rings. The Morgan fingerprint density at radius 2 is 1.69 bits per heavy atom. The summed E-state index contributed by atoms with van der Waals surface area (Å²) in [6, 6.07) is 1.37. The lowest BCUT2D eigenvalue weighted by atomic mass is 9.88. The molecule has 0 saturated carbocycles. The molecule has 1 saturated heterocycles. The summed E-state index contributed by atoms with van der Waals surface area (Å²) in [6.07, 6.45) is -7.26. The molecule has 0 spiro atoms. The van der Waals surface area contributed by atoms with Gasteiger partial charge in [-0.05, 0) is 6.07 Å². The molecule has 0 bridgehead atoms. The molecule has 6 unspecified atom stereocenters. The molecule has 1 aliphatic heterocycles. The Morgan fingerprint density at radius 1 is 1.04 bits per heavy atom. The van der Waals surface area contributed by atoms with E-state index in [1.807, 2.05) is 0 Å². The fourth-order valence-electron chi connectivity index (χ4n) is 4.52. The second-order valence-corrected chi connectivity index (χ2v) is 9.63. The third kappa shape index (κ3) is 9.68. The quantitative estimate of drug-likeness (QED) is 0.100. The van der Waals surface area contributed by atoms with Gasteiger partial charge in [0.2, 0.25) is 5.91 Å². The van der Waals surface area contributed by atoms with Crippen molar-refractivity contribution in [1.29, 1.82) is 0 Å². The lowest BCUT2D eigenvalue weighted by molar-refractivity contribution is -0.384. The van der Waals surface area contributed by atoms with Crippen molar-refractivity contribution in [2.24, 2.45) is 0 Å². The first kappa shape index (κ1) is 36.1. The first-order chi connectivity index (χ1) is 21.0. The van der Waals surface area contributed by atoms with Gasteiger partial charge in [0.05, 0.1) is 30.1 Å². The molecule has 45 heavy (non-hydrogen) atoms. The van der Waals surface area contributed by atoms with Gasteiger partial charge in [0.15, 0.2) is 18.5 Å². The minimum absolute atomic E-state index is 0.203. The third-order valence-electron chi connectivity index (χ3n) is 6.10. The summed E-state index contributed by atoms with van der Waals surface area (Å²) in [7, 11) is 0.939. The summed E-state index contributed by atoms with van der Waals surface area (Å²) in [5, 5.41) is 13.8. The minimum Gasteiger partial charge on any atom is -0.464 e.